The third kappa shape index (κ3) is 1.83. The van der Waals surface area contributed by atoms with E-state index in [-0.39, 0.29) is 17.0 Å². The van der Waals surface area contributed by atoms with E-state index in [2.05, 4.69) is 20.9 Å². The van der Waals surface area contributed by atoms with Crippen molar-refractivity contribution in [3.05, 3.63) is 17.7 Å². The van der Waals surface area contributed by atoms with Gasteiger partial charge >= 0.3 is 0 Å². The van der Waals surface area contributed by atoms with E-state index in [0.29, 0.717) is 0 Å². The lowest BCUT2D eigenvalue weighted by Gasteiger charge is -1.95. The quantitative estimate of drug-likeness (QED) is 0.715. The van der Waals surface area contributed by atoms with E-state index in [4.69, 9.17) is 0 Å². The van der Waals surface area contributed by atoms with Gasteiger partial charge in [-0.1, -0.05) is 15.9 Å². The second kappa shape index (κ2) is 4.13. The van der Waals surface area contributed by atoms with Crippen molar-refractivity contribution in [1.29, 1.82) is 0 Å². The first-order chi connectivity index (χ1) is 4.25. The molecule has 1 aromatic rings. The minimum absolute atomic E-state index is 0. The average Bonchev–Trinajstić information content (AvgIpc) is 2.12. The first-order valence-corrected chi connectivity index (χ1v) is 3.90. The molecule has 1 heterocycles. The molecule has 0 amide bonds. The van der Waals surface area contributed by atoms with Crippen LogP contribution in [0.3, 0.4) is 0 Å². The second-order valence-corrected chi connectivity index (χ2v) is 2.58. The molecule has 58 valence electrons. The zero-order valence-electron chi connectivity index (χ0n) is 5.97. The first-order valence-electron chi connectivity index (χ1n) is 2.78. The lowest BCUT2D eigenvalue weighted by Crippen LogP contribution is -1.91. The Labute approximate surface area is 79.5 Å². The first kappa shape index (κ1) is 10.2. The maximum Gasteiger partial charge on any atom is 0.0949 e. The van der Waals surface area contributed by atoms with Crippen molar-refractivity contribution < 1.29 is 0 Å². The van der Waals surface area contributed by atoms with E-state index < -0.39 is 0 Å². The van der Waals surface area contributed by atoms with Crippen LogP contribution in [0.2, 0.25) is 0 Å². The van der Waals surface area contributed by atoms with E-state index in [1.807, 2.05) is 24.9 Å². The normalized spacial score (nSPS) is 9.10. The van der Waals surface area contributed by atoms with Gasteiger partial charge in [0.15, 0.2) is 0 Å². The van der Waals surface area contributed by atoms with Gasteiger partial charge in [-0.3, -0.25) is 0 Å². The summed E-state index contributed by atoms with van der Waals surface area (Å²) >= 11 is 3.38. The Morgan fingerprint density at radius 3 is 2.50 bits per heavy atom. The number of aryl methyl sites for hydroxylation is 2. The molecule has 0 aliphatic heterocycles. The molecule has 0 fully saturated rings. The number of nitrogens with zero attached hydrogens (tertiary/aromatic N) is 2. The highest BCUT2D eigenvalue weighted by Gasteiger charge is 1.99. The SMILES string of the molecule is Br.Cc1ncn(C)c1CBr. The van der Waals surface area contributed by atoms with Crippen LogP contribution in [-0.4, -0.2) is 9.55 Å². The lowest BCUT2D eigenvalue weighted by molar-refractivity contribution is 0.866. The highest BCUT2D eigenvalue weighted by atomic mass is 79.9. The van der Waals surface area contributed by atoms with Gasteiger partial charge in [0.1, 0.15) is 0 Å². The monoisotopic (exact) mass is 268 g/mol. The minimum Gasteiger partial charge on any atom is -0.337 e. The molecule has 0 aromatic carbocycles. The molecule has 0 aliphatic rings. The fraction of sp³-hybridized carbons (Fsp3) is 0.500. The molecule has 1 aromatic heterocycles. The highest BCUT2D eigenvalue weighted by molar-refractivity contribution is 9.08. The number of hydrogen-bond acceptors (Lipinski definition) is 1. The zero-order chi connectivity index (χ0) is 6.85. The van der Waals surface area contributed by atoms with E-state index in [1.165, 1.54) is 5.69 Å². The van der Waals surface area contributed by atoms with Crippen molar-refractivity contribution in [2.24, 2.45) is 7.05 Å². The van der Waals surface area contributed by atoms with Crippen LogP contribution in [0.4, 0.5) is 0 Å². The Bertz CT molecular complexity index is 188. The van der Waals surface area contributed by atoms with Crippen molar-refractivity contribution in [3.63, 3.8) is 0 Å². The molecule has 0 radical (unpaired) electrons. The summed E-state index contributed by atoms with van der Waals surface area (Å²) < 4.78 is 2.02. The number of aromatic nitrogens is 2. The van der Waals surface area contributed by atoms with Crippen LogP contribution in [0, 0.1) is 6.92 Å². The minimum atomic E-state index is 0. The third-order valence-electron chi connectivity index (χ3n) is 1.39. The van der Waals surface area contributed by atoms with Gasteiger partial charge in [-0.2, -0.15) is 0 Å². The topological polar surface area (TPSA) is 17.8 Å². The van der Waals surface area contributed by atoms with Crippen molar-refractivity contribution in [2.45, 2.75) is 12.3 Å². The van der Waals surface area contributed by atoms with Gasteiger partial charge in [0.2, 0.25) is 0 Å². The van der Waals surface area contributed by atoms with E-state index in [1.54, 1.807) is 0 Å². The smallest absolute Gasteiger partial charge is 0.0949 e. The van der Waals surface area contributed by atoms with Crippen molar-refractivity contribution in [3.8, 4) is 0 Å². The molecule has 0 N–H and O–H groups in total. The summed E-state index contributed by atoms with van der Waals surface area (Å²) in [7, 11) is 2.00. The molecule has 0 atom stereocenters. The van der Waals surface area contributed by atoms with Crippen molar-refractivity contribution >= 4 is 32.9 Å². The third-order valence-corrected chi connectivity index (χ3v) is 1.93. The van der Waals surface area contributed by atoms with E-state index in [9.17, 15) is 0 Å². The van der Waals surface area contributed by atoms with Crippen LogP contribution in [0.1, 0.15) is 11.4 Å². The maximum atomic E-state index is 4.12. The van der Waals surface area contributed by atoms with Gasteiger partial charge < -0.3 is 4.57 Å². The summed E-state index contributed by atoms with van der Waals surface area (Å²) in [5.41, 5.74) is 2.35. The van der Waals surface area contributed by atoms with Crippen LogP contribution < -0.4 is 0 Å². The van der Waals surface area contributed by atoms with Crippen LogP contribution in [-0.2, 0) is 12.4 Å². The molecule has 0 spiro atoms. The lowest BCUT2D eigenvalue weighted by atomic mass is 10.4. The summed E-state index contributed by atoms with van der Waals surface area (Å²) in [5.74, 6) is 0. The van der Waals surface area contributed by atoms with Crippen LogP contribution in [0.25, 0.3) is 0 Å². The zero-order valence-corrected chi connectivity index (χ0v) is 9.26. The Balaban J connectivity index is 0.000000810. The van der Waals surface area contributed by atoms with Gasteiger partial charge in [-0.25, -0.2) is 4.98 Å². The van der Waals surface area contributed by atoms with Crippen LogP contribution in [0.15, 0.2) is 6.33 Å². The molecular formula is C6H10Br2N2. The molecule has 0 unspecified atom stereocenters. The van der Waals surface area contributed by atoms with Gasteiger partial charge in [0, 0.05) is 12.4 Å². The number of alkyl halides is 1. The fourth-order valence-electron chi connectivity index (χ4n) is 0.764. The summed E-state index contributed by atoms with van der Waals surface area (Å²) in [5, 5.41) is 0.884. The van der Waals surface area contributed by atoms with Crippen LogP contribution >= 0.6 is 32.9 Å². The van der Waals surface area contributed by atoms with Gasteiger partial charge in [0.05, 0.1) is 17.7 Å². The maximum absolute atomic E-state index is 4.12. The summed E-state index contributed by atoms with van der Waals surface area (Å²) in [6, 6.07) is 0. The highest BCUT2D eigenvalue weighted by Crippen LogP contribution is 2.07. The number of rotatable bonds is 1. The molecule has 0 bridgehead atoms. The van der Waals surface area contributed by atoms with Gasteiger partial charge in [-0.15, -0.1) is 17.0 Å². The molecule has 0 saturated heterocycles. The van der Waals surface area contributed by atoms with Crippen molar-refractivity contribution in [2.75, 3.05) is 0 Å². The summed E-state index contributed by atoms with van der Waals surface area (Å²) in [6.07, 6.45) is 1.83. The van der Waals surface area contributed by atoms with E-state index >= 15 is 0 Å². The molecular weight excluding hydrogens is 260 g/mol. The van der Waals surface area contributed by atoms with E-state index in [0.717, 1.165) is 11.0 Å². The molecule has 10 heavy (non-hydrogen) atoms. The largest absolute Gasteiger partial charge is 0.337 e. The standard InChI is InChI=1S/C6H9BrN2.BrH/c1-5-6(3-7)9(2)4-8-5;/h4H,3H2,1-2H3;1H. The molecule has 2 nitrogen and oxygen atoms in total. The Morgan fingerprint density at radius 1 is 1.70 bits per heavy atom. The number of imidazole rings is 1. The predicted octanol–water partition coefficient (Wildman–Crippen LogP) is 2.20. The molecule has 1 rings (SSSR count). The average molecular weight is 270 g/mol. The number of halogens is 2. The predicted molar refractivity (Wildman–Crippen MR) is 50.9 cm³/mol. The Morgan fingerprint density at radius 2 is 2.30 bits per heavy atom. The van der Waals surface area contributed by atoms with Gasteiger partial charge in [0.25, 0.3) is 0 Å². The molecule has 0 aliphatic carbocycles. The Hall–Kier alpha value is 0.170. The summed E-state index contributed by atoms with van der Waals surface area (Å²) in [6.45, 7) is 2.01. The second-order valence-electron chi connectivity index (χ2n) is 2.02. The Kier molecular flexibility index (Phi) is 4.20. The van der Waals surface area contributed by atoms with Crippen molar-refractivity contribution in [1.82, 2.24) is 9.55 Å². The van der Waals surface area contributed by atoms with Crippen LogP contribution in [0.5, 0.6) is 0 Å². The van der Waals surface area contributed by atoms with Gasteiger partial charge in [-0.05, 0) is 6.92 Å². The molecule has 4 heteroatoms. The fourth-order valence-corrected chi connectivity index (χ4v) is 1.56. The summed E-state index contributed by atoms with van der Waals surface area (Å²) in [4.78, 5) is 4.12. The number of hydrogen-bond donors (Lipinski definition) is 0. The molecule has 0 saturated carbocycles.